The number of benzene rings is 1. The highest BCUT2D eigenvalue weighted by molar-refractivity contribution is 9.10. The molecule has 2 rings (SSSR count). The van der Waals surface area contributed by atoms with E-state index in [1.165, 1.54) is 30.6 Å². The number of carbonyl (C=O) groups is 1. The van der Waals surface area contributed by atoms with E-state index >= 15 is 0 Å². The third-order valence-corrected chi connectivity index (χ3v) is 2.60. The summed E-state index contributed by atoms with van der Waals surface area (Å²) >= 11 is 3.06. The first-order valence-corrected chi connectivity index (χ1v) is 5.51. The summed E-state index contributed by atoms with van der Waals surface area (Å²) in [5, 5.41) is 0. The Morgan fingerprint density at radius 2 is 2.06 bits per heavy atom. The molecular formula is C12H7BrFNO2. The second kappa shape index (κ2) is 5.05. The second-order valence-electron chi connectivity index (χ2n) is 3.25. The van der Waals surface area contributed by atoms with Gasteiger partial charge in [-0.15, -0.1) is 0 Å². The van der Waals surface area contributed by atoms with Crippen molar-refractivity contribution in [2.45, 2.75) is 0 Å². The van der Waals surface area contributed by atoms with Gasteiger partial charge in [0.1, 0.15) is 17.3 Å². The van der Waals surface area contributed by atoms with Crippen molar-refractivity contribution in [3.63, 3.8) is 0 Å². The fourth-order valence-electron chi connectivity index (χ4n) is 1.23. The van der Waals surface area contributed by atoms with Gasteiger partial charge in [-0.2, -0.15) is 0 Å². The van der Waals surface area contributed by atoms with Crippen LogP contribution in [0.4, 0.5) is 4.39 Å². The van der Waals surface area contributed by atoms with Crippen LogP contribution in [0.3, 0.4) is 0 Å². The van der Waals surface area contributed by atoms with Crippen LogP contribution in [0.2, 0.25) is 0 Å². The van der Waals surface area contributed by atoms with Crippen LogP contribution in [-0.2, 0) is 0 Å². The van der Waals surface area contributed by atoms with E-state index in [0.29, 0.717) is 27.8 Å². The number of ether oxygens (including phenoxy) is 1. The van der Waals surface area contributed by atoms with Crippen molar-refractivity contribution in [1.29, 1.82) is 0 Å². The topological polar surface area (TPSA) is 39.2 Å². The van der Waals surface area contributed by atoms with Crippen molar-refractivity contribution in [3.05, 3.63) is 52.5 Å². The molecule has 0 saturated heterocycles. The molecular weight excluding hydrogens is 289 g/mol. The van der Waals surface area contributed by atoms with E-state index in [2.05, 4.69) is 20.9 Å². The highest BCUT2D eigenvalue weighted by Gasteiger charge is 2.03. The zero-order valence-electron chi connectivity index (χ0n) is 8.56. The zero-order chi connectivity index (χ0) is 12.3. The highest BCUT2D eigenvalue weighted by atomic mass is 79.9. The first-order chi connectivity index (χ1) is 8.19. The summed E-state index contributed by atoms with van der Waals surface area (Å²) < 4.78 is 18.7. The van der Waals surface area contributed by atoms with Crippen LogP contribution < -0.4 is 4.74 Å². The lowest BCUT2D eigenvalue weighted by molar-refractivity contribution is 0.112. The fourth-order valence-corrected chi connectivity index (χ4v) is 1.59. The van der Waals surface area contributed by atoms with E-state index in [0.717, 1.165) is 0 Å². The first kappa shape index (κ1) is 11.7. The van der Waals surface area contributed by atoms with Gasteiger partial charge in [0.25, 0.3) is 0 Å². The maximum atomic E-state index is 13.0. The molecule has 5 heteroatoms. The maximum Gasteiger partial charge on any atom is 0.151 e. The molecule has 1 heterocycles. The van der Waals surface area contributed by atoms with Gasteiger partial charge < -0.3 is 4.74 Å². The van der Waals surface area contributed by atoms with Crippen molar-refractivity contribution >= 4 is 22.2 Å². The summed E-state index contributed by atoms with van der Waals surface area (Å²) in [6.45, 7) is 0. The van der Waals surface area contributed by atoms with Crippen LogP contribution in [0, 0.1) is 5.82 Å². The summed E-state index contributed by atoms with van der Waals surface area (Å²) in [6.07, 6.45) is 3.59. The van der Waals surface area contributed by atoms with E-state index in [1.54, 1.807) is 6.07 Å². The van der Waals surface area contributed by atoms with Crippen LogP contribution in [0.1, 0.15) is 10.4 Å². The number of halogens is 2. The molecule has 17 heavy (non-hydrogen) atoms. The van der Waals surface area contributed by atoms with Crippen molar-refractivity contribution in [2.24, 2.45) is 0 Å². The molecule has 0 aliphatic heterocycles. The van der Waals surface area contributed by atoms with Crippen LogP contribution in [0.5, 0.6) is 11.5 Å². The molecule has 3 nitrogen and oxygen atoms in total. The Labute approximate surface area is 105 Å². The molecule has 0 unspecified atom stereocenters. The number of aromatic nitrogens is 1. The average molecular weight is 296 g/mol. The largest absolute Gasteiger partial charge is 0.456 e. The van der Waals surface area contributed by atoms with Crippen LogP contribution in [0.15, 0.2) is 41.1 Å². The number of hydrogen-bond acceptors (Lipinski definition) is 3. The Hall–Kier alpha value is -1.75. The Kier molecular flexibility index (Phi) is 3.49. The standard InChI is InChI=1S/C12H7BrFNO2/c13-11-4-9(1-2-12(11)14)17-10-3-8(7-16)5-15-6-10/h1-7H. The smallest absolute Gasteiger partial charge is 0.151 e. The number of pyridine rings is 1. The minimum atomic E-state index is -0.364. The predicted molar refractivity (Wildman–Crippen MR) is 63.8 cm³/mol. The van der Waals surface area contributed by atoms with Crippen LogP contribution in [-0.4, -0.2) is 11.3 Å². The van der Waals surface area contributed by atoms with E-state index in [9.17, 15) is 9.18 Å². The fraction of sp³-hybridized carbons (Fsp3) is 0. The van der Waals surface area contributed by atoms with Crippen molar-refractivity contribution in [2.75, 3.05) is 0 Å². The van der Waals surface area contributed by atoms with Gasteiger partial charge in [0.15, 0.2) is 6.29 Å². The van der Waals surface area contributed by atoms with Gasteiger partial charge in [0.2, 0.25) is 0 Å². The summed E-state index contributed by atoms with van der Waals surface area (Å²) in [4.78, 5) is 14.4. The van der Waals surface area contributed by atoms with Gasteiger partial charge in [0.05, 0.1) is 10.7 Å². The number of aldehydes is 1. The minimum absolute atomic E-state index is 0.314. The lowest BCUT2D eigenvalue weighted by Gasteiger charge is -2.06. The number of rotatable bonds is 3. The molecule has 0 spiro atoms. The predicted octanol–water partition coefficient (Wildman–Crippen LogP) is 3.59. The molecule has 0 fully saturated rings. The molecule has 0 bridgehead atoms. The van der Waals surface area contributed by atoms with E-state index < -0.39 is 0 Å². The van der Waals surface area contributed by atoms with Gasteiger partial charge in [-0.3, -0.25) is 9.78 Å². The number of carbonyl (C=O) groups excluding carboxylic acids is 1. The molecule has 0 saturated carbocycles. The second-order valence-corrected chi connectivity index (χ2v) is 4.10. The van der Waals surface area contributed by atoms with Gasteiger partial charge in [-0.25, -0.2) is 4.39 Å². The molecule has 1 aromatic carbocycles. The van der Waals surface area contributed by atoms with Crippen LogP contribution >= 0.6 is 15.9 Å². The van der Waals surface area contributed by atoms with Gasteiger partial charge in [0, 0.05) is 11.8 Å². The molecule has 2 aromatic rings. The van der Waals surface area contributed by atoms with Crippen LogP contribution in [0.25, 0.3) is 0 Å². The number of hydrogen-bond donors (Lipinski definition) is 0. The quantitative estimate of drug-likeness (QED) is 0.813. The van der Waals surface area contributed by atoms with Gasteiger partial charge >= 0.3 is 0 Å². The normalized spacial score (nSPS) is 10.0. The van der Waals surface area contributed by atoms with Crippen molar-refractivity contribution < 1.29 is 13.9 Å². The molecule has 0 aliphatic carbocycles. The van der Waals surface area contributed by atoms with E-state index in [-0.39, 0.29) is 5.82 Å². The van der Waals surface area contributed by atoms with E-state index in [4.69, 9.17) is 4.74 Å². The number of nitrogens with zero attached hydrogens (tertiary/aromatic N) is 1. The first-order valence-electron chi connectivity index (χ1n) is 4.72. The Balaban J connectivity index is 2.24. The Morgan fingerprint density at radius 1 is 1.24 bits per heavy atom. The summed E-state index contributed by atoms with van der Waals surface area (Å²) in [6, 6.07) is 5.84. The Morgan fingerprint density at radius 3 is 2.76 bits per heavy atom. The zero-order valence-corrected chi connectivity index (χ0v) is 10.1. The molecule has 1 aromatic heterocycles. The summed E-state index contributed by atoms with van der Waals surface area (Å²) in [5.74, 6) is 0.522. The highest BCUT2D eigenvalue weighted by Crippen LogP contribution is 2.26. The summed E-state index contributed by atoms with van der Waals surface area (Å²) in [5.41, 5.74) is 0.420. The van der Waals surface area contributed by atoms with Crippen molar-refractivity contribution in [1.82, 2.24) is 4.98 Å². The Bertz CT molecular complexity index is 560. The lowest BCUT2D eigenvalue weighted by atomic mass is 10.3. The van der Waals surface area contributed by atoms with Gasteiger partial charge in [-0.05, 0) is 40.2 Å². The lowest BCUT2D eigenvalue weighted by Crippen LogP contribution is -1.89. The van der Waals surface area contributed by atoms with E-state index in [1.807, 2.05) is 0 Å². The molecule has 86 valence electrons. The third kappa shape index (κ3) is 2.88. The average Bonchev–Trinajstić information content (AvgIpc) is 2.34. The third-order valence-electron chi connectivity index (χ3n) is 2.00. The molecule has 0 radical (unpaired) electrons. The van der Waals surface area contributed by atoms with Crippen molar-refractivity contribution in [3.8, 4) is 11.5 Å². The minimum Gasteiger partial charge on any atom is -0.456 e. The molecule has 0 amide bonds. The summed E-state index contributed by atoms with van der Waals surface area (Å²) in [7, 11) is 0. The SMILES string of the molecule is O=Cc1cncc(Oc2ccc(F)c(Br)c2)c1. The molecule has 0 N–H and O–H groups in total. The maximum absolute atomic E-state index is 13.0. The van der Waals surface area contributed by atoms with Gasteiger partial charge in [-0.1, -0.05) is 0 Å². The molecule has 0 atom stereocenters. The monoisotopic (exact) mass is 295 g/mol. The molecule has 0 aliphatic rings.